The lowest BCUT2D eigenvalue weighted by Gasteiger charge is -2.15. The van der Waals surface area contributed by atoms with Crippen molar-refractivity contribution in [2.45, 2.75) is 19.4 Å². The first-order valence-electron chi connectivity index (χ1n) is 6.13. The van der Waals surface area contributed by atoms with Gasteiger partial charge in [-0.25, -0.2) is 0 Å². The van der Waals surface area contributed by atoms with E-state index in [1.54, 1.807) is 0 Å². The molecule has 0 bridgehead atoms. The number of hydrogen-bond donors (Lipinski definition) is 1. The fourth-order valence-electron chi connectivity index (χ4n) is 2.00. The molecule has 18 heavy (non-hydrogen) atoms. The van der Waals surface area contributed by atoms with Crippen molar-refractivity contribution in [1.82, 2.24) is 15.1 Å². The number of nitrogens with zero attached hydrogens (tertiary/aromatic N) is 2. The Hall–Kier alpha value is -1.13. The molecule has 96 valence electrons. The Balaban J connectivity index is 1.87. The summed E-state index contributed by atoms with van der Waals surface area (Å²) in [7, 11) is 1.98. The molecule has 0 spiro atoms. The molecular formula is C14H18BrN3. The van der Waals surface area contributed by atoms with Gasteiger partial charge in [0.1, 0.15) is 0 Å². The molecule has 0 aliphatic carbocycles. The van der Waals surface area contributed by atoms with Crippen LogP contribution < -0.4 is 5.32 Å². The maximum absolute atomic E-state index is 4.17. The highest BCUT2D eigenvalue weighted by molar-refractivity contribution is 9.10. The van der Waals surface area contributed by atoms with Crippen LogP contribution in [0.1, 0.15) is 24.2 Å². The van der Waals surface area contributed by atoms with E-state index in [2.05, 4.69) is 57.5 Å². The predicted octanol–water partition coefficient (Wildman–Crippen LogP) is 3.08. The van der Waals surface area contributed by atoms with Gasteiger partial charge in [-0.1, -0.05) is 34.1 Å². The highest BCUT2D eigenvalue weighted by atomic mass is 79.9. The standard InChI is InChI=1S/C14H18BrN3/c1-11(13-5-3-4-6-14(13)15)16-9-7-12-8-10-17-18(12)2/h3-6,8,10-11,16H,7,9H2,1-2H3. The number of rotatable bonds is 5. The molecular weight excluding hydrogens is 290 g/mol. The number of hydrogen-bond acceptors (Lipinski definition) is 2. The molecule has 3 nitrogen and oxygen atoms in total. The van der Waals surface area contributed by atoms with Crippen LogP contribution in [0, 0.1) is 0 Å². The minimum atomic E-state index is 0.341. The number of halogens is 1. The third-order valence-electron chi connectivity index (χ3n) is 3.13. The molecule has 2 rings (SSSR count). The Morgan fingerprint density at radius 3 is 2.78 bits per heavy atom. The molecule has 1 aromatic heterocycles. The van der Waals surface area contributed by atoms with Crippen LogP contribution in [0.3, 0.4) is 0 Å². The maximum Gasteiger partial charge on any atom is 0.0492 e. The number of aromatic nitrogens is 2. The van der Waals surface area contributed by atoms with Gasteiger partial charge in [0, 0.05) is 42.4 Å². The zero-order valence-corrected chi connectivity index (χ0v) is 12.3. The molecule has 1 heterocycles. The summed E-state index contributed by atoms with van der Waals surface area (Å²) < 4.78 is 3.08. The molecule has 0 aliphatic heterocycles. The molecule has 1 unspecified atom stereocenters. The molecule has 0 saturated heterocycles. The monoisotopic (exact) mass is 307 g/mol. The predicted molar refractivity (Wildman–Crippen MR) is 77.5 cm³/mol. The van der Waals surface area contributed by atoms with Crippen molar-refractivity contribution in [1.29, 1.82) is 0 Å². The van der Waals surface area contributed by atoms with E-state index < -0.39 is 0 Å². The normalized spacial score (nSPS) is 12.6. The molecule has 0 amide bonds. The van der Waals surface area contributed by atoms with Crippen LogP contribution in [0.25, 0.3) is 0 Å². The number of aryl methyl sites for hydroxylation is 1. The SMILES string of the molecule is CC(NCCc1ccnn1C)c1ccccc1Br. The summed E-state index contributed by atoms with van der Waals surface area (Å²) in [5.74, 6) is 0. The van der Waals surface area contributed by atoms with E-state index in [0.717, 1.165) is 17.4 Å². The van der Waals surface area contributed by atoms with Crippen LogP contribution in [0.4, 0.5) is 0 Å². The molecule has 0 fully saturated rings. The van der Waals surface area contributed by atoms with Gasteiger partial charge < -0.3 is 5.32 Å². The van der Waals surface area contributed by atoms with Crippen LogP contribution in [0.5, 0.6) is 0 Å². The van der Waals surface area contributed by atoms with Crippen molar-refractivity contribution in [3.8, 4) is 0 Å². The maximum atomic E-state index is 4.17. The van der Waals surface area contributed by atoms with Crippen molar-refractivity contribution in [3.63, 3.8) is 0 Å². The molecule has 1 N–H and O–H groups in total. The Bertz CT molecular complexity index is 507. The van der Waals surface area contributed by atoms with Crippen molar-refractivity contribution < 1.29 is 0 Å². The van der Waals surface area contributed by atoms with Gasteiger partial charge in [0.15, 0.2) is 0 Å². The summed E-state index contributed by atoms with van der Waals surface area (Å²) in [6.45, 7) is 3.13. The van der Waals surface area contributed by atoms with E-state index in [1.807, 2.05) is 24.0 Å². The van der Waals surface area contributed by atoms with Crippen molar-refractivity contribution in [3.05, 3.63) is 52.3 Å². The van der Waals surface area contributed by atoms with Gasteiger partial charge in [0.2, 0.25) is 0 Å². The fourth-order valence-corrected chi connectivity index (χ4v) is 2.63. The van der Waals surface area contributed by atoms with Crippen LogP contribution in [0.2, 0.25) is 0 Å². The highest BCUT2D eigenvalue weighted by Gasteiger charge is 2.08. The Morgan fingerprint density at radius 1 is 1.33 bits per heavy atom. The van der Waals surface area contributed by atoms with E-state index in [4.69, 9.17) is 0 Å². The Kier molecular flexibility index (Phi) is 4.55. The molecule has 1 atom stereocenters. The minimum Gasteiger partial charge on any atom is -0.310 e. The first-order chi connectivity index (χ1) is 8.68. The second-order valence-electron chi connectivity index (χ2n) is 4.39. The Labute approximate surface area is 116 Å². The van der Waals surface area contributed by atoms with Gasteiger partial charge in [0.25, 0.3) is 0 Å². The highest BCUT2D eigenvalue weighted by Crippen LogP contribution is 2.22. The van der Waals surface area contributed by atoms with Crippen molar-refractivity contribution in [2.75, 3.05) is 6.54 Å². The largest absolute Gasteiger partial charge is 0.310 e. The topological polar surface area (TPSA) is 29.9 Å². The van der Waals surface area contributed by atoms with Gasteiger partial charge >= 0.3 is 0 Å². The summed E-state index contributed by atoms with van der Waals surface area (Å²) in [5.41, 5.74) is 2.55. The molecule has 0 aliphatic rings. The van der Waals surface area contributed by atoms with Crippen molar-refractivity contribution >= 4 is 15.9 Å². The van der Waals surface area contributed by atoms with Crippen LogP contribution >= 0.6 is 15.9 Å². The molecule has 0 saturated carbocycles. The summed E-state index contributed by atoms with van der Waals surface area (Å²) in [4.78, 5) is 0. The lowest BCUT2D eigenvalue weighted by Crippen LogP contribution is -2.22. The average molecular weight is 308 g/mol. The van der Waals surface area contributed by atoms with Crippen LogP contribution in [-0.4, -0.2) is 16.3 Å². The first kappa shape index (κ1) is 13.3. The molecule has 4 heteroatoms. The molecule has 1 aromatic carbocycles. The second-order valence-corrected chi connectivity index (χ2v) is 5.25. The lowest BCUT2D eigenvalue weighted by molar-refractivity contribution is 0.562. The minimum absolute atomic E-state index is 0.341. The zero-order valence-electron chi connectivity index (χ0n) is 10.7. The first-order valence-corrected chi connectivity index (χ1v) is 6.92. The summed E-state index contributed by atoms with van der Waals surface area (Å²) in [5, 5.41) is 7.70. The smallest absolute Gasteiger partial charge is 0.0492 e. The average Bonchev–Trinajstić information content (AvgIpc) is 2.75. The van der Waals surface area contributed by atoms with Crippen LogP contribution in [0.15, 0.2) is 41.0 Å². The van der Waals surface area contributed by atoms with Crippen molar-refractivity contribution in [2.24, 2.45) is 7.05 Å². The van der Waals surface area contributed by atoms with E-state index in [0.29, 0.717) is 6.04 Å². The van der Waals surface area contributed by atoms with E-state index >= 15 is 0 Å². The lowest BCUT2D eigenvalue weighted by atomic mass is 10.1. The number of nitrogens with one attached hydrogen (secondary N) is 1. The van der Waals surface area contributed by atoms with E-state index in [-0.39, 0.29) is 0 Å². The quantitative estimate of drug-likeness (QED) is 0.920. The van der Waals surface area contributed by atoms with E-state index in [9.17, 15) is 0 Å². The molecule has 2 aromatic rings. The second kappa shape index (κ2) is 6.16. The summed E-state index contributed by atoms with van der Waals surface area (Å²) >= 11 is 3.59. The number of benzene rings is 1. The third-order valence-corrected chi connectivity index (χ3v) is 3.85. The third kappa shape index (κ3) is 3.21. The Morgan fingerprint density at radius 2 is 2.11 bits per heavy atom. The fraction of sp³-hybridized carbons (Fsp3) is 0.357. The molecule has 0 radical (unpaired) electrons. The zero-order chi connectivity index (χ0) is 13.0. The van der Waals surface area contributed by atoms with Gasteiger partial charge in [-0.05, 0) is 24.6 Å². The summed E-state index contributed by atoms with van der Waals surface area (Å²) in [6, 6.07) is 10.7. The van der Waals surface area contributed by atoms with Gasteiger partial charge in [-0.15, -0.1) is 0 Å². The summed E-state index contributed by atoms with van der Waals surface area (Å²) in [6.07, 6.45) is 2.83. The van der Waals surface area contributed by atoms with Gasteiger partial charge in [0.05, 0.1) is 0 Å². The van der Waals surface area contributed by atoms with Gasteiger partial charge in [-0.3, -0.25) is 4.68 Å². The van der Waals surface area contributed by atoms with Gasteiger partial charge in [-0.2, -0.15) is 5.10 Å². The van der Waals surface area contributed by atoms with Crippen LogP contribution in [-0.2, 0) is 13.5 Å². The van der Waals surface area contributed by atoms with E-state index in [1.165, 1.54) is 11.3 Å².